The van der Waals surface area contributed by atoms with Gasteiger partial charge in [0.15, 0.2) is 11.5 Å². The fraction of sp³-hybridized carbons (Fsp3) is 0.182. The SMILES string of the molecule is COc1cc(C)ccc1Oc1ncc(N)s1. The first-order chi connectivity index (χ1) is 7.69. The number of nitrogen functional groups attached to an aromatic ring is 1. The summed E-state index contributed by atoms with van der Waals surface area (Å²) in [6.45, 7) is 1.99. The van der Waals surface area contributed by atoms with Gasteiger partial charge in [-0.25, -0.2) is 4.98 Å². The second-order valence-electron chi connectivity index (χ2n) is 3.28. The maximum Gasteiger partial charge on any atom is 0.280 e. The lowest BCUT2D eigenvalue weighted by molar-refractivity contribution is 0.378. The maximum absolute atomic E-state index is 5.58. The second kappa shape index (κ2) is 4.40. The number of thiazole rings is 1. The van der Waals surface area contributed by atoms with E-state index in [-0.39, 0.29) is 0 Å². The van der Waals surface area contributed by atoms with Crippen molar-refractivity contribution in [2.75, 3.05) is 12.8 Å². The third-order valence-corrected chi connectivity index (χ3v) is 2.72. The summed E-state index contributed by atoms with van der Waals surface area (Å²) in [5.74, 6) is 1.33. The predicted molar refractivity (Wildman–Crippen MR) is 64.3 cm³/mol. The molecule has 0 aliphatic rings. The number of methoxy groups -OCH3 is 1. The Labute approximate surface area is 97.6 Å². The molecule has 2 aromatic rings. The molecule has 0 unspecified atom stereocenters. The molecule has 16 heavy (non-hydrogen) atoms. The minimum absolute atomic E-state index is 0.514. The first kappa shape index (κ1) is 10.8. The summed E-state index contributed by atoms with van der Waals surface area (Å²) in [5.41, 5.74) is 6.69. The number of nitrogens with two attached hydrogens (primary N) is 1. The van der Waals surface area contributed by atoms with Crippen LogP contribution in [0.2, 0.25) is 0 Å². The van der Waals surface area contributed by atoms with Gasteiger partial charge in [0.1, 0.15) is 5.00 Å². The van der Waals surface area contributed by atoms with Gasteiger partial charge in [-0.05, 0) is 24.6 Å². The summed E-state index contributed by atoms with van der Waals surface area (Å²) >= 11 is 1.29. The highest BCUT2D eigenvalue weighted by molar-refractivity contribution is 7.17. The molecule has 1 heterocycles. The highest BCUT2D eigenvalue weighted by Gasteiger charge is 2.08. The van der Waals surface area contributed by atoms with Gasteiger partial charge in [-0.2, -0.15) is 0 Å². The van der Waals surface area contributed by atoms with Crippen molar-refractivity contribution in [3.8, 4) is 16.7 Å². The lowest BCUT2D eigenvalue weighted by Crippen LogP contribution is -1.90. The fourth-order valence-electron chi connectivity index (χ4n) is 1.27. The van der Waals surface area contributed by atoms with E-state index in [1.807, 2.05) is 25.1 Å². The van der Waals surface area contributed by atoms with Crippen LogP contribution in [-0.4, -0.2) is 12.1 Å². The third-order valence-electron chi connectivity index (χ3n) is 2.02. The quantitative estimate of drug-likeness (QED) is 0.890. The van der Waals surface area contributed by atoms with Crippen LogP contribution in [0, 0.1) is 6.92 Å². The number of benzene rings is 1. The molecule has 0 fully saturated rings. The molecular formula is C11H12N2O2S. The Morgan fingerprint density at radius 2 is 2.12 bits per heavy atom. The number of aryl methyl sites for hydroxylation is 1. The van der Waals surface area contributed by atoms with E-state index in [4.69, 9.17) is 15.2 Å². The van der Waals surface area contributed by atoms with Gasteiger partial charge in [0.05, 0.1) is 13.3 Å². The number of ether oxygens (including phenoxy) is 2. The number of rotatable bonds is 3. The number of hydrogen-bond donors (Lipinski definition) is 1. The summed E-state index contributed by atoms with van der Waals surface area (Å²) in [6, 6.07) is 5.72. The van der Waals surface area contributed by atoms with Gasteiger partial charge in [-0.3, -0.25) is 0 Å². The molecule has 2 rings (SSSR count). The van der Waals surface area contributed by atoms with E-state index in [9.17, 15) is 0 Å². The molecule has 0 saturated heterocycles. The molecule has 5 heteroatoms. The standard InChI is InChI=1S/C11H12N2O2S/c1-7-3-4-8(9(5-7)14-2)15-11-13-6-10(12)16-11/h3-6H,12H2,1-2H3. The largest absolute Gasteiger partial charge is 0.493 e. The first-order valence-corrected chi connectivity index (χ1v) is 5.54. The molecule has 1 aromatic carbocycles. The molecule has 2 N–H and O–H groups in total. The Morgan fingerprint density at radius 1 is 1.31 bits per heavy atom. The molecule has 0 atom stereocenters. The minimum atomic E-state index is 0.514. The van der Waals surface area contributed by atoms with E-state index in [1.165, 1.54) is 11.3 Å². The zero-order valence-electron chi connectivity index (χ0n) is 9.06. The van der Waals surface area contributed by atoms with Crippen molar-refractivity contribution < 1.29 is 9.47 Å². The van der Waals surface area contributed by atoms with Gasteiger partial charge in [0, 0.05) is 0 Å². The highest BCUT2D eigenvalue weighted by atomic mass is 32.1. The number of hydrogen-bond acceptors (Lipinski definition) is 5. The molecule has 0 spiro atoms. The van der Waals surface area contributed by atoms with E-state index < -0.39 is 0 Å². The zero-order valence-corrected chi connectivity index (χ0v) is 9.88. The average Bonchev–Trinajstić information content (AvgIpc) is 2.67. The Kier molecular flexibility index (Phi) is 2.96. The van der Waals surface area contributed by atoms with Gasteiger partial charge in [-0.1, -0.05) is 17.4 Å². The van der Waals surface area contributed by atoms with Gasteiger partial charge in [0.25, 0.3) is 5.19 Å². The van der Waals surface area contributed by atoms with Crippen molar-refractivity contribution in [1.29, 1.82) is 0 Å². The summed E-state index contributed by atoms with van der Waals surface area (Å²) in [4.78, 5) is 4.02. The van der Waals surface area contributed by atoms with Crippen molar-refractivity contribution in [1.82, 2.24) is 4.98 Å². The normalized spacial score (nSPS) is 10.1. The molecule has 84 valence electrons. The summed E-state index contributed by atoms with van der Waals surface area (Å²) in [5, 5.41) is 1.14. The van der Waals surface area contributed by atoms with Crippen LogP contribution in [0.1, 0.15) is 5.56 Å². The topological polar surface area (TPSA) is 57.4 Å². The molecule has 4 nitrogen and oxygen atoms in total. The minimum Gasteiger partial charge on any atom is -0.493 e. The van der Waals surface area contributed by atoms with Crippen molar-refractivity contribution in [2.24, 2.45) is 0 Å². The van der Waals surface area contributed by atoms with E-state index in [0.717, 1.165) is 5.56 Å². The lowest BCUT2D eigenvalue weighted by Gasteiger charge is -2.08. The highest BCUT2D eigenvalue weighted by Crippen LogP contribution is 2.34. The van der Waals surface area contributed by atoms with Crippen molar-refractivity contribution in [3.05, 3.63) is 30.0 Å². The van der Waals surface area contributed by atoms with Crippen LogP contribution in [0.25, 0.3) is 0 Å². The van der Waals surface area contributed by atoms with Crippen LogP contribution in [0.5, 0.6) is 16.7 Å². The van der Waals surface area contributed by atoms with Gasteiger partial charge in [0.2, 0.25) is 0 Å². The molecule has 0 aliphatic heterocycles. The number of anilines is 1. The van der Waals surface area contributed by atoms with Crippen LogP contribution in [0.4, 0.5) is 5.00 Å². The third kappa shape index (κ3) is 2.25. The fourth-order valence-corrected chi connectivity index (χ4v) is 1.81. The lowest BCUT2D eigenvalue weighted by atomic mass is 10.2. The van der Waals surface area contributed by atoms with Crippen LogP contribution >= 0.6 is 11.3 Å². The molecule has 0 bridgehead atoms. The predicted octanol–water partition coefficient (Wildman–Crippen LogP) is 2.83. The van der Waals surface area contributed by atoms with Crippen LogP contribution in [0.15, 0.2) is 24.4 Å². The molecule has 0 amide bonds. The monoisotopic (exact) mass is 236 g/mol. The average molecular weight is 236 g/mol. The van der Waals surface area contributed by atoms with Crippen LogP contribution < -0.4 is 15.2 Å². The van der Waals surface area contributed by atoms with Crippen molar-refractivity contribution in [3.63, 3.8) is 0 Å². The Balaban J connectivity index is 2.27. The Hall–Kier alpha value is -1.75. The van der Waals surface area contributed by atoms with Gasteiger partial charge < -0.3 is 15.2 Å². The summed E-state index contributed by atoms with van der Waals surface area (Å²) in [7, 11) is 1.61. The number of nitrogens with zero attached hydrogens (tertiary/aromatic N) is 1. The van der Waals surface area contributed by atoms with E-state index in [0.29, 0.717) is 21.7 Å². The molecule has 1 aromatic heterocycles. The Bertz CT molecular complexity index is 496. The van der Waals surface area contributed by atoms with Crippen molar-refractivity contribution >= 4 is 16.3 Å². The first-order valence-electron chi connectivity index (χ1n) is 4.73. The smallest absolute Gasteiger partial charge is 0.280 e. The summed E-state index contributed by atoms with van der Waals surface area (Å²) in [6.07, 6.45) is 1.57. The van der Waals surface area contributed by atoms with Crippen molar-refractivity contribution in [2.45, 2.75) is 6.92 Å². The van der Waals surface area contributed by atoms with E-state index in [2.05, 4.69) is 4.98 Å². The van der Waals surface area contributed by atoms with E-state index >= 15 is 0 Å². The van der Waals surface area contributed by atoms with E-state index in [1.54, 1.807) is 13.3 Å². The zero-order chi connectivity index (χ0) is 11.5. The molecular weight excluding hydrogens is 224 g/mol. The molecule has 0 aliphatic carbocycles. The maximum atomic E-state index is 5.58. The van der Waals surface area contributed by atoms with Gasteiger partial charge in [-0.15, -0.1) is 0 Å². The van der Waals surface area contributed by atoms with Crippen LogP contribution in [0.3, 0.4) is 0 Å². The second-order valence-corrected chi connectivity index (χ2v) is 4.31. The molecule has 0 radical (unpaired) electrons. The van der Waals surface area contributed by atoms with Crippen LogP contribution in [-0.2, 0) is 0 Å². The number of aromatic nitrogens is 1. The summed E-state index contributed by atoms with van der Waals surface area (Å²) < 4.78 is 10.8. The Morgan fingerprint density at radius 3 is 2.75 bits per heavy atom. The van der Waals surface area contributed by atoms with Gasteiger partial charge >= 0.3 is 0 Å². The molecule has 0 saturated carbocycles.